The van der Waals surface area contributed by atoms with Crippen molar-refractivity contribution in [2.45, 2.75) is 6.54 Å². The lowest BCUT2D eigenvalue weighted by Crippen LogP contribution is -2.30. The van der Waals surface area contributed by atoms with Crippen molar-refractivity contribution in [1.82, 2.24) is 24.8 Å². The number of pyridine rings is 1. The summed E-state index contributed by atoms with van der Waals surface area (Å²) in [7, 11) is 1.87. The average Bonchev–Trinajstić information content (AvgIpc) is 3.06. The van der Waals surface area contributed by atoms with Crippen LogP contribution in [0.5, 0.6) is 0 Å². The number of carbonyl (C=O) groups is 1. The molecule has 3 rings (SSSR count). The molecule has 7 nitrogen and oxygen atoms in total. The molecule has 3 aromatic rings. The lowest BCUT2D eigenvalue weighted by Gasteiger charge is -2.14. The Labute approximate surface area is 157 Å². The number of likely N-dealkylation sites (N-methyl/N-ethyl adjacent to an activating group) is 1. The van der Waals surface area contributed by atoms with Crippen LogP contribution in [0.25, 0.3) is 10.8 Å². The SMILES string of the molecule is CN(CC(=O)Nc1ccc(Br)cn1)Cc1csc(-c2ncccn2)n1. The Morgan fingerprint density at radius 2 is 2.08 bits per heavy atom. The van der Waals surface area contributed by atoms with Crippen LogP contribution in [0.2, 0.25) is 0 Å². The van der Waals surface area contributed by atoms with Crippen LogP contribution in [0.3, 0.4) is 0 Å². The van der Waals surface area contributed by atoms with E-state index in [9.17, 15) is 4.79 Å². The van der Waals surface area contributed by atoms with Crippen LogP contribution in [0.1, 0.15) is 5.69 Å². The van der Waals surface area contributed by atoms with Gasteiger partial charge in [-0.05, 0) is 41.2 Å². The van der Waals surface area contributed by atoms with E-state index in [-0.39, 0.29) is 12.5 Å². The van der Waals surface area contributed by atoms with Crippen LogP contribution in [0.4, 0.5) is 5.82 Å². The molecule has 128 valence electrons. The van der Waals surface area contributed by atoms with Crippen molar-refractivity contribution < 1.29 is 4.79 Å². The minimum atomic E-state index is -0.126. The predicted octanol–water partition coefficient (Wildman–Crippen LogP) is 2.83. The van der Waals surface area contributed by atoms with Gasteiger partial charge in [0.25, 0.3) is 0 Å². The zero-order valence-corrected chi connectivity index (χ0v) is 15.8. The first-order valence-electron chi connectivity index (χ1n) is 7.42. The molecular formula is C16H15BrN6OS. The molecule has 0 aliphatic carbocycles. The van der Waals surface area contributed by atoms with Crippen LogP contribution in [0, 0.1) is 0 Å². The zero-order valence-electron chi connectivity index (χ0n) is 13.4. The number of nitrogens with one attached hydrogen (secondary N) is 1. The van der Waals surface area contributed by atoms with Gasteiger partial charge in [-0.1, -0.05) is 0 Å². The first-order valence-corrected chi connectivity index (χ1v) is 9.09. The molecule has 0 fully saturated rings. The molecule has 3 heterocycles. The Morgan fingerprint density at radius 3 is 2.80 bits per heavy atom. The van der Waals surface area contributed by atoms with Crippen molar-refractivity contribution in [3.05, 3.63) is 52.3 Å². The van der Waals surface area contributed by atoms with E-state index in [2.05, 4.69) is 41.2 Å². The molecule has 1 N–H and O–H groups in total. The highest BCUT2D eigenvalue weighted by Gasteiger charge is 2.12. The third-order valence-electron chi connectivity index (χ3n) is 3.15. The minimum absolute atomic E-state index is 0.126. The lowest BCUT2D eigenvalue weighted by atomic mass is 10.4. The number of aromatic nitrogens is 4. The zero-order chi connectivity index (χ0) is 17.6. The quantitative estimate of drug-likeness (QED) is 0.662. The molecule has 0 unspecified atom stereocenters. The Hall–Kier alpha value is -2.23. The van der Waals surface area contributed by atoms with Gasteiger partial charge in [-0.25, -0.2) is 19.9 Å². The van der Waals surface area contributed by atoms with Crippen molar-refractivity contribution in [3.63, 3.8) is 0 Å². The van der Waals surface area contributed by atoms with E-state index in [1.165, 1.54) is 11.3 Å². The van der Waals surface area contributed by atoms with E-state index in [4.69, 9.17) is 0 Å². The molecule has 0 saturated carbocycles. The number of hydrogen-bond donors (Lipinski definition) is 1. The van der Waals surface area contributed by atoms with Crippen LogP contribution >= 0.6 is 27.3 Å². The summed E-state index contributed by atoms with van der Waals surface area (Å²) in [6.45, 7) is 0.803. The fraction of sp³-hybridized carbons (Fsp3) is 0.188. The average molecular weight is 419 g/mol. The highest BCUT2D eigenvalue weighted by atomic mass is 79.9. The van der Waals surface area contributed by atoms with Gasteiger partial charge in [0.1, 0.15) is 5.82 Å². The van der Waals surface area contributed by atoms with Gasteiger partial charge in [0, 0.05) is 35.0 Å². The number of thiazole rings is 1. The molecule has 25 heavy (non-hydrogen) atoms. The van der Waals surface area contributed by atoms with Crippen LogP contribution in [-0.4, -0.2) is 44.3 Å². The van der Waals surface area contributed by atoms with Gasteiger partial charge >= 0.3 is 0 Å². The molecule has 0 saturated heterocycles. The summed E-state index contributed by atoms with van der Waals surface area (Å²) in [5.74, 6) is 1.01. The molecule has 0 radical (unpaired) electrons. The van der Waals surface area contributed by atoms with Crippen molar-refractivity contribution in [3.8, 4) is 10.8 Å². The Balaban J connectivity index is 1.54. The molecule has 0 aliphatic heterocycles. The van der Waals surface area contributed by atoms with Gasteiger partial charge in [0.05, 0.1) is 12.2 Å². The topological polar surface area (TPSA) is 83.9 Å². The fourth-order valence-corrected chi connectivity index (χ4v) is 3.09. The van der Waals surface area contributed by atoms with Crippen molar-refractivity contribution >= 4 is 39.0 Å². The van der Waals surface area contributed by atoms with E-state index in [0.717, 1.165) is 15.2 Å². The maximum Gasteiger partial charge on any atom is 0.239 e. The first kappa shape index (κ1) is 17.6. The number of anilines is 1. The summed E-state index contributed by atoms with van der Waals surface area (Å²) in [4.78, 5) is 31.0. The molecule has 0 aliphatic rings. The molecule has 1 amide bonds. The number of carbonyl (C=O) groups excluding carboxylic acids is 1. The summed E-state index contributed by atoms with van der Waals surface area (Å²) in [5, 5.41) is 5.49. The second-order valence-electron chi connectivity index (χ2n) is 5.30. The number of amides is 1. The van der Waals surface area contributed by atoms with Crippen molar-refractivity contribution in [2.75, 3.05) is 18.9 Å². The number of hydrogen-bond acceptors (Lipinski definition) is 7. The Bertz CT molecular complexity index is 839. The summed E-state index contributed by atoms with van der Waals surface area (Å²) < 4.78 is 0.865. The number of halogens is 1. The monoisotopic (exact) mass is 418 g/mol. The molecule has 0 spiro atoms. The molecular weight excluding hydrogens is 404 g/mol. The van der Waals surface area contributed by atoms with Crippen molar-refractivity contribution in [2.24, 2.45) is 0 Å². The minimum Gasteiger partial charge on any atom is -0.310 e. The normalized spacial score (nSPS) is 10.8. The Kier molecular flexibility index (Phi) is 5.79. The standard InChI is InChI=1S/C16H15BrN6OS/c1-23(9-14(24)22-13-4-3-11(17)7-20-13)8-12-10-25-16(21-12)15-18-5-2-6-19-15/h2-7,10H,8-9H2,1H3,(H,20,22,24). The van der Waals surface area contributed by atoms with Gasteiger partial charge in [0.2, 0.25) is 5.91 Å². The predicted molar refractivity (Wildman–Crippen MR) is 100 cm³/mol. The largest absolute Gasteiger partial charge is 0.310 e. The molecule has 3 aromatic heterocycles. The van der Waals surface area contributed by atoms with Gasteiger partial charge in [0.15, 0.2) is 10.8 Å². The van der Waals surface area contributed by atoms with Gasteiger partial charge < -0.3 is 5.32 Å². The van der Waals surface area contributed by atoms with E-state index < -0.39 is 0 Å². The summed E-state index contributed by atoms with van der Waals surface area (Å²) in [6, 6.07) is 5.34. The second-order valence-corrected chi connectivity index (χ2v) is 7.07. The van der Waals surface area contributed by atoms with Gasteiger partial charge in [-0.15, -0.1) is 11.3 Å². The van der Waals surface area contributed by atoms with E-state index in [1.807, 2.05) is 23.4 Å². The molecule has 9 heteroatoms. The van der Waals surface area contributed by atoms with E-state index in [0.29, 0.717) is 18.2 Å². The number of rotatable bonds is 6. The smallest absolute Gasteiger partial charge is 0.239 e. The summed E-state index contributed by atoms with van der Waals surface area (Å²) in [6.07, 6.45) is 5.02. The summed E-state index contributed by atoms with van der Waals surface area (Å²) >= 11 is 4.80. The van der Waals surface area contributed by atoms with Crippen LogP contribution < -0.4 is 5.32 Å². The van der Waals surface area contributed by atoms with Crippen LogP contribution in [0.15, 0.2) is 46.6 Å². The molecule has 0 bridgehead atoms. The maximum absolute atomic E-state index is 12.1. The van der Waals surface area contributed by atoms with E-state index >= 15 is 0 Å². The van der Waals surface area contributed by atoms with Gasteiger partial charge in [-0.2, -0.15) is 0 Å². The Morgan fingerprint density at radius 1 is 1.28 bits per heavy atom. The maximum atomic E-state index is 12.1. The molecule has 0 atom stereocenters. The third kappa shape index (κ3) is 5.12. The highest BCUT2D eigenvalue weighted by molar-refractivity contribution is 9.10. The van der Waals surface area contributed by atoms with E-state index in [1.54, 1.807) is 30.7 Å². The lowest BCUT2D eigenvalue weighted by molar-refractivity contribution is -0.117. The summed E-state index contributed by atoms with van der Waals surface area (Å²) in [5.41, 5.74) is 0.879. The fourth-order valence-electron chi connectivity index (χ4n) is 2.10. The van der Waals surface area contributed by atoms with Crippen LogP contribution in [-0.2, 0) is 11.3 Å². The van der Waals surface area contributed by atoms with Crippen molar-refractivity contribution in [1.29, 1.82) is 0 Å². The second kappa shape index (κ2) is 8.24. The molecule has 0 aromatic carbocycles. The first-order chi connectivity index (χ1) is 12.1. The highest BCUT2D eigenvalue weighted by Crippen LogP contribution is 2.20. The number of nitrogens with zero attached hydrogens (tertiary/aromatic N) is 5. The third-order valence-corrected chi connectivity index (χ3v) is 4.51. The van der Waals surface area contributed by atoms with Gasteiger partial charge in [-0.3, -0.25) is 9.69 Å².